The third-order valence-electron chi connectivity index (χ3n) is 3.82. The molecule has 2 aromatic rings. The number of benzene rings is 1. The zero-order chi connectivity index (χ0) is 16.1. The number of rotatable bonds is 5. The minimum atomic E-state index is 0.00238. The van der Waals surface area contributed by atoms with Crippen molar-refractivity contribution in [1.29, 1.82) is 0 Å². The van der Waals surface area contributed by atoms with Crippen molar-refractivity contribution in [2.24, 2.45) is 0 Å². The molecular weight excluding hydrogens is 312 g/mol. The van der Waals surface area contributed by atoms with Crippen LogP contribution in [-0.2, 0) is 22.4 Å². The van der Waals surface area contributed by atoms with E-state index in [2.05, 4.69) is 10.3 Å². The van der Waals surface area contributed by atoms with E-state index >= 15 is 0 Å². The molecule has 1 aromatic heterocycles. The molecule has 1 fully saturated rings. The Morgan fingerprint density at radius 2 is 1.91 bits per heavy atom. The van der Waals surface area contributed by atoms with Crippen molar-refractivity contribution >= 4 is 17.4 Å². The largest absolute Gasteiger partial charge is 0.369 e. The number of aromatic nitrogens is 1. The molecule has 1 aliphatic rings. The van der Waals surface area contributed by atoms with Crippen LogP contribution in [0.2, 0.25) is 5.02 Å². The molecule has 0 amide bonds. The molecule has 0 aliphatic carbocycles. The van der Waals surface area contributed by atoms with Gasteiger partial charge in [-0.05, 0) is 29.3 Å². The lowest BCUT2D eigenvalue weighted by atomic mass is 10.0. The van der Waals surface area contributed by atoms with E-state index in [0.717, 1.165) is 29.9 Å². The van der Waals surface area contributed by atoms with Gasteiger partial charge in [0.1, 0.15) is 11.9 Å². The molecule has 1 atom stereocenters. The second kappa shape index (κ2) is 7.68. The van der Waals surface area contributed by atoms with Crippen LogP contribution < -0.4 is 5.32 Å². The average molecular weight is 331 g/mol. The first kappa shape index (κ1) is 16.1. The Hall–Kier alpha value is -1.75. The summed E-state index contributed by atoms with van der Waals surface area (Å²) in [6.07, 6.45) is 2.57. The topological polar surface area (TPSA) is 51.2 Å². The van der Waals surface area contributed by atoms with Gasteiger partial charge in [0.05, 0.1) is 12.3 Å². The highest BCUT2D eigenvalue weighted by Gasteiger charge is 2.16. The SMILES string of the molecule is O=C(Cc1ccc(Cl)cc1)Cc1ccc(C2CNCCO2)nc1. The summed E-state index contributed by atoms with van der Waals surface area (Å²) in [4.78, 5) is 16.6. The minimum absolute atomic E-state index is 0.00238. The molecule has 120 valence electrons. The summed E-state index contributed by atoms with van der Waals surface area (Å²) in [6.45, 7) is 2.36. The second-order valence-corrected chi connectivity index (χ2v) is 6.11. The lowest BCUT2D eigenvalue weighted by Crippen LogP contribution is -2.33. The summed E-state index contributed by atoms with van der Waals surface area (Å²) < 4.78 is 5.67. The van der Waals surface area contributed by atoms with Crippen molar-refractivity contribution in [3.05, 3.63) is 64.4 Å². The summed E-state index contributed by atoms with van der Waals surface area (Å²) in [7, 11) is 0. The molecule has 1 aliphatic heterocycles. The van der Waals surface area contributed by atoms with Gasteiger partial charge in [-0.2, -0.15) is 0 Å². The van der Waals surface area contributed by atoms with Crippen LogP contribution in [0.25, 0.3) is 0 Å². The van der Waals surface area contributed by atoms with Gasteiger partial charge < -0.3 is 10.1 Å². The molecule has 4 nitrogen and oxygen atoms in total. The van der Waals surface area contributed by atoms with Gasteiger partial charge in [-0.15, -0.1) is 0 Å². The molecule has 3 rings (SSSR count). The van der Waals surface area contributed by atoms with Crippen molar-refractivity contribution in [2.75, 3.05) is 19.7 Å². The van der Waals surface area contributed by atoms with Crippen LogP contribution in [0.1, 0.15) is 22.9 Å². The Labute approximate surface area is 140 Å². The van der Waals surface area contributed by atoms with Gasteiger partial charge in [-0.25, -0.2) is 0 Å². The molecule has 23 heavy (non-hydrogen) atoms. The predicted octanol–water partition coefficient (Wildman–Crippen LogP) is 2.75. The summed E-state index contributed by atoms with van der Waals surface area (Å²) in [5, 5.41) is 3.96. The van der Waals surface area contributed by atoms with Gasteiger partial charge >= 0.3 is 0 Å². The van der Waals surface area contributed by atoms with Gasteiger partial charge in [-0.1, -0.05) is 29.8 Å². The number of hydrogen-bond acceptors (Lipinski definition) is 4. The highest BCUT2D eigenvalue weighted by atomic mass is 35.5. The van der Waals surface area contributed by atoms with Crippen molar-refractivity contribution in [3.8, 4) is 0 Å². The zero-order valence-corrected chi connectivity index (χ0v) is 13.6. The van der Waals surface area contributed by atoms with E-state index in [9.17, 15) is 4.79 Å². The first-order chi connectivity index (χ1) is 11.2. The normalized spacial score (nSPS) is 17.9. The highest BCUT2D eigenvalue weighted by Crippen LogP contribution is 2.17. The monoisotopic (exact) mass is 330 g/mol. The summed E-state index contributed by atoms with van der Waals surface area (Å²) in [5.41, 5.74) is 2.81. The number of halogens is 1. The Bertz CT molecular complexity index is 650. The molecule has 0 bridgehead atoms. The lowest BCUT2D eigenvalue weighted by molar-refractivity contribution is -0.117. The van der Waals surface area contributed by atoms with E-state index in [1.165, 1.54) is 0 Å². The average Bonchev–Trinajstić information content (AvgIpc) is 2.58. The maximum Gasteiger partial charge on any atom is 0.141 e. The molecular formula is C18H19ClN2O2. The van der Waals surface area contributed by atoms with E-state index in [4.69, 9.17) is 16.3 Å². The van der Waals surface area contributed by atoms with E-state index in [1.54, 1.807) is 18.3 Å². The number of pyridine rings is 1. The fourth-order valence-corrected chi connectivity index (χ4v) is 2.73. The lowest BCUT2D eigenvalue weighted by Gasteiger charge is -2.23. The number of ketones is 1. The van der Waals surface area contributed by atoms with Crippen LogP contribution in [0.4, 0.5) is 0 Å². The van der Waals surface area contributed by atoms with Gasteiger partial charge in [0.2, 0.25) is 0 Å². The molecule has 0 spiro atoms. The predicted molar refractivity (Wildman–Crippen MR) is 89.7 cm³/mol. The standard InChI is InChI=1S/C18H19ClN2O2/c19-15-4-1-13(2-5-15)9-16(22)10-14-3-6-17(21-11-14)18-12-20-7-8-23-18/h1-6,11,18,20H,7-10,12H2. The summed E-state index contributed by atoms with van der Waals surface area (Å²) >= 11 is 5.85. The second-order valence-electron chi connectivity index (χ2n) is 5.67. The number of morpholine rings is 1. The zero-order valence-electron chi connectivity index (χ0n) is 12.8. The number of carbonyl (C=O) groups excluding carboxylic acids is 1. The first-order valence-electron chi connectivity index (χ1n) is 7.74. The third kappa shape index (κ3) is 4.61. The van der Waals surface area contributed by atoms with Crippen molar-refractivity contribution in [1.82, 2.24) is 10.3 Å². The number of Topliss-reactive ketones (excluding diaryl/α,β-unsaturated/α-hetero) is 1. The van der Waals surface area contributed by atoms with E-state index < -0.39 is 0 Å². The third-order valence-corrected chi connectivity index (χ3v) is 4.07. The highest BCUT2D eigenvalue weighted by molar-refractivity contribution is 6.30. The van der Waals surface area contributed by atoms with Crippen LogP contribution in [0.15, 0.2) is 42.6 Å². The summed E-state index contributed by atoms with van der Waals surface area (Å²) in [6, 6.07) is 11.3. The van der Waals surface area contributed by atoms with Crippen LogP contribution in [0.5, 0.6) is 0 Å². The number of nitrogens with zero attached hydrogens (tertiary/aromatic N) is 1. The minimum Gasteiger partial charge on any atom is -0.369 e. The number of carbonyl (C=O) groups is 1. The Balaban J connectivity index is 1.57. The van der Waals surface area contributed by atoms with E-state index in [0.29, 0.717) is 24.5 Å². The van der Waals surface area contributed by atoms with Crippen LogP contribution in [-0.4, -0.2) is 30.5 Å². The molecule has 1 saturated heterocycles. The fourth-order valence-electron chi connectivity index (χ4n) is 2.61. The quantitative estimate of drug-likeness (QED) is 0.916. The molecule has 0 radical (unpaired) electrons. The molecule has 0 saturated carbocycles. The van der Waals surface area contributed by atoms with Crippen LogP contribution in [0, 0.1) is 0 Å². The number of nitrogens with one attached hydrogen (secondary N) is 1. The molecule has 2 heterocycles. The summed E-state index contributed by atoms with van der Waals surface area (Å²) in [5.74, 6) is 0.164. The number of hydrogen-bond donors (Lipinski definition) is 1. The van der Waals surface area contributed by atoms with Crippen molar-refractivity contribution in [2.45, 2.75) is 18.9 Å². The first-order valence-corrected chi connectivity index (χ1v) is 8.12. The Morgan fingerprint density at radius 1 is 1.17 bits per heavy atom. The van der Waals surface area contributed by atoms with Crippen molar-refractivity contribution in [3.63, 3.8) is 0 Å². The molecule has 1 aromatic carbocycles. The van der Waals surface area contributed by atoms with Crippen LogP contribution >= 0.6 is 11.6 Å². The maximum absolute atomic E-state index is 12.2. The van der Waals surface area contributed by atoms with Crippen LogP contribution in [0.3, 0.4) is 0 Å². The Kier molecular flexibility index (Phi) is 5.39. The smallest absolute Gasteiger partial charge is 0.141 e. The van der Waals surface area contributed by atoms with Gasteiger partial charge in [0.15, 0.2) is 0 Å². The van der Waals surface area contributed by atoms with Gasteiger partial charge in [-0.3, -0.25) is 9.78 Å². The van der Waals surface area contributed by atoms with E-state index in [-0.39, 0.29) is 11.9 Å². The molecule has 5 heteroatoms. The van der Waals surface area contributed by atoms with E-state index in [1.807, 2.05) is 24.3 Å². The maximum atomic E-state index is 12.2. The fraction of sp³-hybridized carbons (Fsp3) is 0.333. The molecule has 1 N–H and O–H groups in total. The van der Waals surface area contributed by atoms with Crippen molar-refractivity contribution < 1.29 is 9.53 Å². The number of ether oxygens (including phenoxy) is 1. The Morgan fingerprint density at radius 3 is 2.57 bits per heavy atom. The molecule has 1 unspecified atom stereocenters. The van der Waals surface area contributed by atoms with Gasteiger partial charge in [0.25, 0.3) is 0 Å². The van der Waals surface area contributed by atoms with Gasteiger partial charge in [0, 0.05) is 37.2 Å².